The number of hydrogen-bond donors (Lipinski definition) is 3. The minimum Gasteiger partial charge on any atom is -0.508 e. The Hall–Kier alpha value is -4.06. The third kappa shape index (κ3) is 4.87. The highest BCUT2D eigenvalue weighted by atomic mass is 35.5. The van der Waals surface area contributed by atoms with Gasteiger partial charge in [-0.15, -0.1) is 0 Å². The minimum atomic E-state index is -0.750. The van der Waals surface area contributed by atoms with Gasteiger partial charge in [0.25, 0.3) is 5.91 Å². The number of benzene rings is 3. The second kappa shape index (κ2) is 10.5. The first-order chi connectivity index (χ1) is 19.3. The molecule has 0 spiro atoms. The van der Waals surface area contributed by atoms with Crippen molar-refractivity contribution in [3.63, 3.8) is 0 Å². The van der Waals surface area contributed by atoms with Crippen LogP contribution in [0.2, 0.25) is 5.02 Å². The zero-order chi connectivity index (χ0) is 28.0. The van der Waals surface area contributed by atoms with Gasteiger partial charge in [-0.2, -0.15) is 0 Å². The largest absolute Gasteiger partial charge is 0.508 e. The number of phenolic OH excluding ortho intramolecular Hbond substituents is 1. The van der Waals surface area contributed by atoms with Crippen molar-refractivity contribution in [3.8, 4) is 11.5 Å². The van der Waals surface area contributed by atoms with Crippen molar-refractivity contribution in [1.29, 1.82) is 0 Å². The highest BCUT2D eigenvalue weighted by Crippen LogP contribution is 2.53. The van der Waals surface area contributed by atoms with E-state index in [0.29, 0.717) is 37.6 Å². The topological polar surface area (TPSA) is 129 Å². The number of aromatic amines is 1. The number of amides is 3. The Labute approximate surface area is 240 Å². The number of rotatable bonds is 6. The molecule has 9 nitrogen and oxygen atoms in total. The Morgan fingerprint density at radius 1 is 1.02 bits per heavy atom. The Balaban J connectivity index is 1.28. The van der Waals surface area contributed by atoms with Crippen LogP contribution in [0.4, 0.5) is 11.4 Å². The maximum atomic E-state index is 13.8. The maximum Gasteiger partial charge on any atom is 0.305 e. The first-order valence-corrected chi connectivity index (χ1v) is 14.2. The standard InChI is InChI=1S/C28H20ClN3O6S2/c29-15-4-8-17(9-5-15)32-26(35)22-21(23-25(31-28(37)40-23)39-24(22)27(32)36)14-2-1-3-19(12-14)38-13-20(34)30-16-6-10-18(33)11-7-16/h1-12,21-22,24,33H,13H2,(H,30,34)(H,31,37)/t21-,22-,24+/m0/s1. The summed E-state index contributed by atoms with van der Waals surface area (Å²) in [7, 11) is 0. The zero-order valence-corrected chi connectivity index (χ0v) is 22.9. The van der Waals surface area contributed by atoms with Gasteiger partial charge in [0.15, 0.2) is 6.61 Å². The number of phenols is 1. The second-order valence-electron chi connectivity index (χ2n) is 9.19. The van der Waals surface area contributed by atoms with E-state index in [1.54, 1.807) is 54.6 Å². The number of aromatic nitrogens is 1. The van der Waals surface area contributed by atoms with Crippen molar-refractivity contribution in [3.05, 3.63) is 97.9 Å². The van der Waals surface area contributed by atoms with Gasteiger partial charge in [-0.25, -0.2) is 4.90 Å². The lowest BCUT2D eigenvalue weighted by atomic mass is 9.83. The molecule has 0 unspecified atom stereocenters. The van der Waals surface area contributed by atoms with E-state index in [0.717, 1.165) is 11.3 Å². The lowest BCUT2D eigenvalue weighted by molar-refractivity contribution is -0.122. The van der Waals surface area contributed by atoms with Crippen LogP contribution in [0, 0.1) is 5.92 Å². The molecular formula is C28H20ClN3O6S2. The van der Waals surface area contributed by atoms with E-state index in [1.807, 2.05) is 6.07 Å². The number of ether oxygens (including phenoxy) is 1. The number of carbonyl (C=O) groups excluding carboxylic acids is 3. The van der Waals surface area contributed by atoms with Crippen LogP contribution >= 0.6 is 34.7 Å². The van der Waals surface area contributed by atoms with Crippen molar-refractivity contribution < 1.29 is 24.2 Å². The molecule has 0 bridgehead atoms. The van der Waals surface area contributed by atoms with E-state index < -0.39 is 23.0 Å². The lowest BCUT2D eigenvalue weighted by Crippen LogP contribution is -2.32. The Bertz CT molecular complexity index is 1690. The predicted molar refractivity (Wildman–Crippen MR) is 153 cm³/mol. The summed E-state index contributed by atoms with van der Waals surface area (Å²) < 4.78 is 5.74. The minimum absolute atomic E-state index is 0.0868. The highest BCUT2D eigenvalue weighted by Gasteiger charge is 2.56. The summed E-state index contributed by atoms with van der Waals surface area (Å²) >= 11 is 8.23. The SMILES string of the molecule is O=C(COc1cccc([C@@H]2c3sc(=O)[nH]c3S[C@H]3C(=O)N(c4ccc(Cl)cc4)C(=O)[C@@H]23)c1)Nc1ccc(O)cc1. The fraction of sp³-hybridized carbons (Fsp3) is 0.143. The van der Waals surface area contributed by atoms with Gasteiger partial charge in [0.1, 0.15) is 16.7 Å². The van der Waals surface area contributed by atoms with E-state index in [2.05, 4.69) is 10.3 Å². The number of fused-ring (bicyclic) bond motifs is 2. The summed E-state index contributed by atoms with van der Waals surface area (Å²) in [5.41, 5.74) is 1.62. The van der Waals surface area contributed by atoms with Crippen LogP contribution in [-0.2, 0) is 14.4 Å². The molecule has 4 aromatic rings. The molecule has 0 radical (unpaired) electrons. The third-order valence-corrected chi connectivity index (χ3v) is 9.30. The van der Waals surface area contributed by atoms with Gasteiger partial charge >= 0.3 is 4.87 Å². The molecule has 0 aliphatic carbocycles. The van der Waals surface area contributed by atoms with Gasteiger partial charge in [-0.3, -0.25) is 19.2 Å². The maximum absolute atomic E-state index is 13.8. The van der Waals surface area contributed by atoms with Crippen molar-refractivity contribution in [2.75, 3.05) is 16.8 Å². The molecule has 1 aromatic heterocycles. The third-order valence-electron chi connectivity index (χ3n) is 6.65. The van der Waals surface area contributed by atoms with Gasteiger partial charge in [-0.05, 0) is 66.2 Å². The number of aromatic hydroxyl groups is 1. The molecule has 12 heteroatoms. The number of thiazole rings is 1. The number of halogens is 1. The fourth-order valence-corrected chi connectivity index (χ4v) is 7.55. The summed E-state index contributed by atoms with van der Waals surface area (Å²) in [5, 5.41) is 12.4. The summed E-state index contributed by atoms with van der Waals surface area (Å²) in [6, 6.07) is 19.5. The van der Waals surface area contributed by atoms with E-state index in [-0.39, 0.29) is 29.0 Å². The van der Waals surface area contributed by atoms with Crippen molar-refractivity contribution in [2.45, 2.75) is 16.2 Å². The molecule has 3 atom stereocenters. The molecule has 2 aliphatic heterocycles. The Kier molecular flexibility index (Phi) is 6.87. The van der Waals surface area contributed by atoms with Crippen molar-refractivity contribution in [2.24, 2.45) is 5.92 Å². The molecule has 40 heavy (non-hydrogen) atoms. The number of nitrogens with zero attached hydrogens (tertiary/aromatic N) is 1. The number of anilines is 2. The van der Waals surface area contributed by atoms with Crippen LogP contribution in [0.25, 0.3) is 0 Å². The first-order valence-electron chi connectivity index (χ1n) is 12.1. The molecule has 1 fully saturated rings. The summed E-state index contributed by atoms with van der Waals surface area (Å²) in [6.07, 6.45) is 0. The van der Waals surface area contributed by atoms with E-state index in [4.69, 9.17) is 16.3 Å². The number of hydrogen-bond acceptors (Lipinski definition) is 8. The number of carbonyl (C=O) groups is 3. The van der Waals surface area contributed by atoms with Gasteiger partial charge in [0.05, 0.1) is 16.6 Å². The lowest BCUT2D eigenvalue weighted by Gasteiger charge is -2.30. The van der Waals surface area contributed by atoms with E-state index in [1.165, 1.54) is 28.8 Å². The molecule has 6 rings (SSSR count). The molecule has 3 N–H and O–H groups in total. The molecule has 3 heterocycles. The fourth-order valence-electron chi connectivity index (χ4n) is 4.91. The molecule has 0 saturated carbocycles. The zero-order valence-electron chi connectivity index (χ0n) is 20.5. The highest BCUT2D eigenvalue weighted by molar-refractivity contribution is 8.00. The van der Waals surface area contributed by atoms with Crippen LogP contribution in [0.1, 0.15) is 16.4 Å². The van der Waals surface area contributed by atoms with Crippen LogP contribution in [0.3, 0.4) is 0 Å². The average molecular weight is 594 g/mol. The average Bonchev–Trinajstić information content (AvgIpc) is 3.43. The summed E-state index contributed by atoms with van der Waals surface area (Å²) in [6.45, 7) is -0.276. The molecule has 1 saturated heterocycles. The number of nitrogens with one attached hydrogen (secondary N) is 2. The molecule has 2 aliphatic rings. The van der Waals surface area contributed by atoms with Crippen molar-refractivity contribution in [1.82, 2.24) is 4.98 Å². The van der Waals surface area contributed by atoms with Gasteiger partial charge in [-0.1, -0.05) is 46.8 Å². The molecule has 3 aromatic carbocycles. The molecular weight excluding hydrogens is 574 g/mol. The Morgan fingerprint density at radius 2 is 1.77 bits per heavy atom. The predicted octanol–water partition coefficient (Wildman–Crippen LogP) is 4.61. The monoisotopic (exact) mass is 593 g/mol. The summed E-state index contributed by atoms with van der Waals surface area (Å²) in [4.78, 5) is 56.5. The van der Waals surface area contributed by atoms with Crippen LogP contribution in [0.15, 0.2) is 82.6 Å². The molecule has 3 amide bonds. The first kappa shape index (κ1) is 26.2. The van der Waals surface area contributed by atoms with Crippen LogP contribution < -0.4 is 19.8 Å². The van der Waals surface area contributed by atoms with Gasteiger partial charge < -0.3 is 20.1 Å². The molecule has 202 valence electrons. The quantitative estimate of drug-likeness (QED) is 0.220. The number of imide groups is 1. The normalized spacial score (nSPS) is 19.7. The second-order valence-corrected chi connectivity index (χ2v) is 11.8. The Morgan fingerprint density at radius 3 is 2.52 bits per heavy atom. The van der Waals surface area contributed by atoms with E-state index in [9.17, 15) is 24.3 Å². The van der Waals surface area contributed by atoms with Crippen molar-refractivity contribution >= 4 is 63.8 Å². The number of thioether (sulfide) groups is 1. The van der Waals surface area contributed by atoms with Crippen LogP contribution in [0.5, 0.6) is 11.5 Å². The number of H-pyrrole nitrogens is 1. The summed E-state index contributed by atoms with van der Waals surface area (Å²) in [5.74, 6) is -1.96. The van der Waals surface area contributed by atoms with Gasteiger partial charge in [0.2, 0.25) is 11.8 Å². The van der Waals surface area contributed by atoms with Gasteiger partial charge in [0, 0.05) is 21.5 Å². The van der Waals surface area contributed by atoms with E-state index >= 15 is 0 Å². The van der Waals surface area contributed by atoms with Crippen LogP contribution in [-0.4, -0.2) is 39.7 Å². The smallest absolute Gasteiger partial charge is 0.305 e.